The Morgan fingerprint density at radius 3 is 2.48 bits per heavy atom. The number of aromatic nitrogens is 6. The normalized spacial score (nSPS) is 11.4. The molecule has 0 spiro atoms. The monoisotopic (exact) mass is 386 g/mol. The molecule has 3 aromatic heterocycles. The van der Waals surface area contributed by atoms with Crippen LogP contribution in [-0.4, -0.2) is 41.6 Å². The van der Waals surface area contributed by atoms with E-state index in [2.05, 4.69) is 52.3 Å². The molecule has 1 N–H and O–H groups in total. The summed E-state index contributed by atoms with van der Waals surface area (Å²) in [6, 6.07) is 11.3. The van der Waals surface area contributed by atoms with Crippen LogP contribution in [0.2, 0.25) is 0 Å². The molecule has 0 aliphatic rings. The first kappa shape index (κ1) is 17.2. The molecule has 0 atom stereocenters. The summed E-state index contributed by atoms with van der Waals surface area (Å²) in [4.78, 5) is 4.60. The van der Waals surface area contributed by atoms with Gasteiger partial charge in [-0.05, 0) is 49.2 Å². The van der Waals surface area contributed by atoms with E-state index in [-0.39, 0.29) is 5.75 Å². The summed E-state index contributed by atoms with van der Waals surface area (Å²) in [5.41, 5.74) is 5.12. The maximum atomic E-state index is 10.4. The third-order valence-corrected chi connectivity index (χ3v) is 4.87. The maximum absolute atomic E-state index is 10.4. The quantitative estimate of drug-likeness (QED) is 0.511. The predicted molar refractivity (Wildman–Crippen MR) is 109 cm³/mol. The van der Waals surface area contributed by atoms with Gasteiger partial charge in [0.25, 0.3) is 0 Å². The zero-order chi connectivity index (χ0) is 20.1. The molecule has 29 heavy (non-hydrogen) atoms. The number of methoxy groups -OCH3 is 1. The van der Waals surface area contributed by atoms with Crippen LogP contribution in [0.3, 0.4) is 0 Å². The van der Waals surface area contributed by atoms with Gasteiger partial charge in [0.05, 0.1) is 29.9 Å². The van der Waals surface area contributed by atoms with Crippen LogP contribution in [0.5, 0.6) is 11.5 Å². The Morgan fingerprint density at radius 2 is 1.76 bits per heavy atom. The topological polar surface area (TPSA) is 90.4 Å². The van der Waals surface area contributed by atoms with Gasteiger partial charge in [-0.3, -0.25) is 4.40 Å². The highest BCUT2D eigenvalue weighted by Crippen LogP contribution is 2.32. The standard InChI is InChI=1S/C21H18N6O2/c1-12-6-13(2)8-14(7-12)27-19-17(10-23-27)21-25-24-20(26(21)11-22-19)16-5-4-15(29-3)9-18(16)28/h4-11,28H,1-3H3. The first-order valence-electron chi connectivity index (χ1n) is 9.08. The van der Waals surface area contributed by atoms with Crippen molar-refractivity contribution in [1.29, 1.82) is 0 Å². The minimum Gasteiger partial charge on any atom is -0.507 e. The fourth-order valence-electron chi connectivity index (χ4n) is 3.59. The Bertz CT molecular complexity index is 1360. The molecule has 0 amide bonds. The van der Waals surface area contributed by atoms with Gasteiger partial charge in [0.2, 0.25) is 0 Å². The van der Waals surface area contributed by atoms with Crippen molar-refractivity contribution in [3.8, 4) is 28.6 Å². The number of aromatic hydroxyl groups is 1. The zero-order valence-corrected chi connectivity index (χ0v) is 16.2. The maximum Gasteiger partial charge on any atom is 0.175 e. The SMILES string of the molecule is COc1ccc(-c2nnc3c4cnn(-c5cc(C)cc(C)c5)c4ncn23)c(O)c1. The average molecular weight is 386 g/mol. The minimum absolute atomic E-state index is 0.0599. The highest BCUT2D eigenvalue weighted by Gasteiger charge is 2.17. The number of phenols is 1. The second-order valence-corrected chi connectivity index (χ2v) is 6.98. The van der Waals surface area contributed by atoms with Gasteiger partial charge in [-0.2, -0.15) is 5.10 Å². The summed E-state index contributed by atoms with van der Waals surface area (Å²) in [6.45, 7) is 4.11. The molecule has 0 saturated carbocycles. The van der Waals surface area contributed by atoms with Crippen LogP contribution in [0.1, 0.15) is 11.1 Å². The first-order valence-corrected chi connectivity index (χ1v) is 9.08. The van der Waals surface area contributed by atoms with Gasteiger partial charge >= 0.3 is 0 Å². The number of nitrogens with zero attached hydrogens (tertiary/aromatic N) is 6. The molecule has 144 valence electrons. The highest BCUT2D eigenvalue weighted by atomic mass is 16.5. The average Bonchev–Trinajstić information content (AvgIpc) is 3.31. The van der Waals surface area contributed by atoms with Crippen molar-refractivity contribution in [3.05, 3.63) is 60.0 Å². The van der Waals surface area contributed by atoms with Gasteiger partial charge in [0.1, 0.15) is 17.8 Å². The van der Waals surface area contributed by atoms with E-state index in [1.54, 1.807) is 46.9 Å². The number of hydrogen-bond acceptors (Lipinski definition) is 6. The Hall–Kier alpha value is -3.94. The van der Waals surface area contributed by atoms with Crippen molar-refractivity contribution < 1.29 is 9.84 Å². The molecule has 2 aromatic carbocycles. The third kappa shape index (κ3) is 2.68. The highest BCUT2D eigenvalue weighted by molar-refractivity contribution is 5.90. The number of ether oxygens (including phenoxy) is 1. The molecule has 0 saturated heterocycles. The zero-order valence-electron chi connectivity index (χ0n) is 16.2. The molecule has 0 bridgehead atoms. The molecule has 0 aliphatic carbocycles. The Balaban J connectivity index is 1.69. The summed E-state index contributed by atoms with van der Waals surface area (Å²) >= 11 is 0. The van der Waals surface area contributed by atoms with Crippen molar-refractivity contribution in [3.63, 3.8) is 0 Å². The summed E-state index contributed by atoms with van der Waals surface area (Å²) in [5, 5.41) is 24.3. The molecule has 8 heteroatoms. The lowest BCUT2D eigenvalue weighted by molar-refractivity contribution is 0.408. The van der Waals surface area contributed by atoms with Crippen LogP contribution in [0, 0.1) is 13.8 Å². The summed E-state index contributed by atoms with van der Waals surface area (Å²) in [5.74, 6) is 1.12. The van der Waals surface area contributed by atoms with Crippen molar-refractivity contribution in [2.45, 2.75) is 13.8 Å². The molecule has 0 unspecified atom stereocenters. The van der Waals surface area contributed by atoms with Crippen molar-refractivity contribution >= 4 is 16.7 Å². The van der Waals surface area contributed by atoms with Crippen LogP contribution in [-0.2, 0) is 0 Å². The molecule has 8 nitrogen and oxygen atoms in total. The van der Waals surface area contributed by atoms with Gasteiger partial charge in [0, 0.05) is 6.07 Å². The van der Waals surface area contributed by atoms with E-state index in [1.807, 2.05) is 0 Å². The molecular weight excluding hydrogens is 368 g/mol. The summed E-state index contributed by atoms with van der Waals surface area (Å²) in [6.07, 6.45) is 3.39. The molecule has 3 heterocycles. The fourth-order valence-corrected chi connectivity index (χ4v) is 3.59. The number of phenolic OH excluding ortho intramolecular Hbond substituents is 1. The minimum atomic E-state index is 0.0599. The van der Waals surface area contributed by atoms with Gasteiger partial charge < -0.3 is 9.84 Å². The Kier molecular flexibility index (Phi) is 3.73. The van der Waals surface area contributed by atoms with Gasteiger partial charge in [0.15, 0.2) is 17.1 Å². The van der Waals surface area contributed by atoms with E-state index in [1.165, 1.54) is 0 Å². The smallest absolute Gasteiger partial charge is 0.175 e. The predicted octanol–water partition coefficient (Wildman–Crippen LogP) is 3.46. The van der Waals surface area contributed by atoms with E-state index in [0.29, 0.717) is 28.4 Å². The lowest BCUT2D eigenvalue weighted by Gasteiger charge is -2.07. The fraction of sp³-hybridized carbons (Fsp3) is 0.143. The van der Waals surface area contributed by atoms with Crippen molar-refractivity contribution in [2.75, 3.05) is 7.11 Å². The van der Waals surface area contributed by atoms with E-state index in [0.717, 1.165) is 22.2 Å². The van der Waals surface area contributed by atoms with Crippen LogP contribution in [0.25, 0.3) is 33.8 Å². The summed E-state index contributed by atoms with van der Waals surface area (Å²) in [7, 11) is 1.55. The molecule has 0 fully saturated rings. The Labute approximate surface area is 166 Å². The third-order valence-electron chi connectivity index (χ3n) is 4.87. The van der Waals surface area contributed by atoms with Crippen LogP contribution < -0.4 is 4.74 Å². The number of aryl methyl sites for hydroxylation is 2. The lowest BCUT2D eigenvalue weighted by atomic mass is 10.1. The molecule has 0 radical (unpaired) electrons. The number of hydrogen-bond donors (Lipinski definition) is 1. The molecule has 5 rings (SSSR count). The molecule has 5 aromatic rings. The van der Waals surface area contributed by atoms with E-state index >= 15 is 0 Å². The Morgan fingerprint density at radius 1 is 0.966 bits per heavy atom. The van der Waals surface area contributed by atoms with Crippen LogP contribution in [0.4, 0.5) is 0 Å². The second-order valence-electron chi connectivity index (χ2n) is 6.98. The molecule has 0 aliphatic heterocycles. The van der Waals surface area contributed by atoms with Gasteiger partial charge in [-0.15, -0.1) is 10.2 Å². The van der Waals surface area contributed by atoms with Gasteiger partial charge in [-0.1, -0.05) is 6.07 Å². The number of rotatable bonds is 3. The van der Waals surface area contributed by atoms with E-state index < -0.39 is 0 Å². The number of fused-ring (bicyclic) bond motifs is 3. The van der Waals surface area contributed by atoms with Crippen LogP contribution in [0.15, 0.2) is 48.9 Å². The molecular formula is C21H18N6O2. The summed E-state index contributed by atoms with van der Waals surface area (Å²) < 4.78 is 8.70. The van der Waals surface area contributed by atoms with Crippen molar-refractivity contribution in [2.24, 2.45) is 0 Å². The largest absolute Gasteiger partial charge is 0.507 e. The number of benzene rings is 2. The second kappa shape index (κ2) is 6.30. The van der Waals surface area contributed by atoms with E-state index in [4.69, 9.17) is 4.74 Å². The lowest BCUT2D eigenvalue weighted by Crippen LogP contribution is -2.00. The van der Waals surface area contributed by atoms with Gasteiger partial charge in [-0.25, -0.2) is 9.67 Å². The van der Waals surface area contributed by atoms with Crippen LogP contribution >= 0.6 is 0 Å². The van der Waals surface area contributed by atoms with Crippen molar-refractivity contribution in [1.82, 2.24) is 29.4 Å². The van der Waals surface area contributed by atoms with E-state index in [9.17, 15) is 5.11 Å². The first-order chi connectivity index (χ1) is 14.0.